The highest BCUT2D eigenvalue weighted by molar-refractivity contribution is 6.27. The Bertz CT molecular complexity index is 2800. The fraction of sp³-hybridized carbons (Fsp3) is 0. The van der Waals surface area contributed by atoms with Crippen LogP contribution in [0.4, 0.5) is 0 Å². The van der Waals surface area contributed by atoms with E-state index < -0.39 is 0 Å². The first-order valence-electron chi connectivity index (χ1n) is 16.3. The molecule has 0 atom stereocenters. The number of benzene rings is 6. The van der Waals surface area contributed by atoms with Gasteiger partial charge in [0.2, 0.25) is 0 Å². The van der Waals surface area contributed by atoms with Gasteiger partial charge in [0.15, 0.2) is 0 Å². The van der Waals surface area contributed by atoms with E-state index in [4.69, 9.17) is 9.97 Å². The van der Waals surface area contributed by atoms with Crippen LogP contribution in [0.5, 0.6) is 0 Å². The highest BCUT2D eigenvalue weighted by Gasteiger charge is 2.24. The highest BCUT2D eigenvalue weighted by Crippen LogP contribution is 2.44. The number of fused-ring (bicyclic) bond motifs is 10. The molecule has 10 rings (SSSR count). The maximum absolute atomic E-state index is 5.48. The third-order valence-electron chi connectivity index (χ3n) is 9.56. The van der Waals surface area contributed by atoms with E-state index in [1.807, 2.05) is 12.3 Å². The molecule has 0 unspecified atom stereocenters. The lowest BCUT2D eigenvalue weighted by Gasteiger charge is -2.15. The van der Waals surface area contributed by atoms with Crippen molar-refractivity contribution in [2.75, 3.05) is 0 Å². The quantitative estimate of drug-likeness (QED) is 0.185. The molecule has 4 heteroatoms. The Balaban J connectivity index is 1.39. The van der Waals surface area contributed by atoms with Crippen LogP contribution in [0, 0.1) is 0 Å². The number of hydrogen-bond acceptors (Lipinski definition) is 2. The highest BCUT2D eigenvalue weighted by atomic mass is 15.1. The summed E-state index contributed by atoms with van der Waals surface area (Å²) in [6.07, 6.45) is 1.87. The Hall–Kier alpha value is -6.52. The van der Waals surface area contributed by atoms with Crippen LogP contribution in [0.15, 0.2) is 170 Å². The largest absolute Gasteiger partial charge is 0.293 e. The van der Waals surface area contributed by atoms with Gasteiger partial charge in [-0.3, -0.25) is 8.97 Å². The lowest BCUT2D eigenvalue weighted by molar-refractivity contribution is 1.08. The molecule has 0 aliphatic carbocycles. The average Bonchev–Trinajstić information content (AvgIpc) is 3.73. The fourth-order valence-corrected chi connectivity index (χ4v) is 7.47. The number of para-hydroxylation sites is 1. The predicted octanol–water partition coefficient (Wildman–Crippen LogP) is 11.1. The smallest absolute Gasteiger partial charge is 0.145 e. The maximum atomic E-state index is 5.48. The molecule has 10 aromatic rings. The van der Waals surface area contributed by atoms with Crippen molar-refractivity contribution in [2.24, 2.45) is 0 Å². The molecular weight excluding hydrogens is 585 g/mol. The molecule has 0 fully saturated rings. The van der Waals surface area contributed by atoms with Crippen LogP contribution in [0.2, 0.25) is 0 Å². The molecule has 4 heterocycles. The topological polar surface area (TPSA) is 35.1 Å². The molecule has 0 aliphatic heterocycles. The zero-order valence-corrected chi connectivity index (χ0v) is 26.0. The van der Waals surface area contributed by atoms with E-state index in [1.165, 1.54) is 32.7 Å². The van der Waals surface area contributed by atoms with E-state index in [-0.39, 0.29) is 0 Å². The molecule has 0 saturated heterocycles. The van der Waals surface area contributed by atoms with Crippen molar-refractivity contribution in [1.29, 1.82) is 0 Å². The van der Waals surface area contributed by atoms with Gasteiger partial charge < -0.3 is 0 Å². The fourth-order valence-electron chi connectivity index (χ4n) is 7.47. The van der Waals surface area contributed by atoms with Crippen LogP contribution in [-0.4, -0.2) is 18.9 Å². The molecule has 0 amide bonds. The Labute approximate surface area is 276 Å². The van der Waals surface area contributed by atoms with Crippen LogP contribution in [0.1, 0.15) is 0 Å². The van der Waals surface area contributed by atoms with E-state index in [2.05, 4.69) is 167 Å². The number of aromatic nitrogens is 4. The second-order valence-corrected chi connectivity index (χ2v) is 12.2. The van der Waals surface area contributed by atoms with E-state index in [0.29, 0.717) is 0 Å². The number of rotatable bonds is 4. The molecule has 6 aromatic carbocycles. The van der Waals surface area contributed by atoms with Crippen LogP contribution < -0.4 is 0 Å². The van der Waals surface area contributed by atoms with Crippen molar-refractivity contribution in [3.8, 4) is 39.6 Å². The normalized spacial score (nSPS) is 11.8. The Morgan fingerprint density at radius 3 is 1.75 bits per heavy atom. The molecule has 224 valence electrons. The van der Waals surface area contributed by atoms with Crippen LogP contribution in [-0.2, 0) is 0 Å². The number of pyridine rings is 2. The molecule has 0 aliphatic rings. The van der Waals surface area contributed by atoms with E-state index in [0.717, 1.165) is 55.9 Å². The number of imidazole rings is 1. The third kappa shape index (κ3) is 3.90. The molecule has 4 nitrogen and oxygen atoms in total. The SMILES string of the molecule is c1ccc(-c2ccc(-c3nc(-c4ccccc4)c4c5ccccc5c5c6c(ccc5n34)c3ccccc3n6-c3ccccn3)cc2)cc1. The summed E-state index contributed by atoms with van der Waals surface area (Å²) < 4.78 is 4.71. The number of hydrogen-bond donors (Lipinski definition) is 0. The first kappa shape index (κ1) is 26.7. The first-order chi connectivity index (χ1) is 23.8. The zero-order valence-electron chi connectivity index (χ0n) is 26.0. The zero-order chi connectivity index (χ0) is 31.6. The van der Waals surface area contributed by atoms with E-state index >= 15 is 0 Å². The van der Waals surface area contributed by atoms with Crippen LogP contribution in [0.3, 0.4) is 0 Å². The van der Waals surface area contributed by atoms with E-state index in [9.17, 15) is 0 Å². The second-order valence-electron chi connectivity index (χ2n) is 12.2. The molecule has 0 bridgehead atoms. The minimum absolute atomic E-state index is 0.896. The van der Waals surface area contributed by atoms with Gasteiger partial charge in [0, 0.05) is 38.9 Å². The second kappa shape index (κ2) is 10.5. The summed E-state index contributed by atoms with van der Waals surface area (Å²) in [6.45, 7) is 0. The molecule has 0 spiro atoms. The van der Waals surface area contributed by atoms with Crippen molar-refractivity contribution in [2.45, 2.75) is 0 Å². The lowest BCUT2D eigenvalue weighted by Crippen LogP contribution is -1.99. The summed E-state index contributed by atoms with van der Waals surface area (Å²) in [7, 11) is 0. The standard InChI is InChI=1S/C44H28N4/c1-3-13-29(14-4-1)30-22-24-32(25-23-30)44-46-41(31-15-5-2-6-16-31)43-35-19-8-7-18-34(35)40-38(48(43)44)27-26-36-33-17-9-10-20-37(33)47(42(36)40)39-21-11-12-28-45-39/h1-28H. The molecule has 0 saturated carbocycles. The average molecular weight is 613 g/mol. The summed E-state index contributed by atoms with van der Waals surface area (Å²) in [5.74, 6) is 1.81. The van der Waals surface area contributed by atoms with Gasteiger partial charge in [-0.2, -0.15) is 0 Å². The van der Waals surface area contributed by atoms with Gasteiger partial charge in [0.05, 0.1) is 27.8 Å². The summed E-state index contributed by atoms with van der Waals surface area (Å²) in [5.41, 5.74) is 9.99. The predicted molar refractivity (Wildman–Crippen MR) is 199 cm³/mol. The molecule has 0 N–H and O–H groups in total. The van der Waals surface area contributed by atoms with Gasteiger partial charge >= 0.3 is 0 Å². The van der Waals surface area contributed by atoms with Crippen molar-refractivity contribution in [3.63, 3.8) is 0 Å². The maximum Gasteiger partial charge on any atom is 0.145 e. The van der Waals surface area contributed by atoms with E-state index in [1.54, 1.807) is 0 Å². The van der Waals surface area contributed by atoms with Crippen molar-refractivity contribution in [1.82, 2.24) is 18.9 Å². The Kier molecular flexibility index (Phi) is 5.84. The molecule has 0 radical (unpaired) electrons. The summed E-state index contributed by atoms with van der Waals surface area (Å²) >= 11 is 0. The van der Waals surface area contributed by atoms with Gasteiger partial charge in [-0.05, 0) is 40.8 Å². The lowest BCUT2D eigenvalue weighted by atomic mass is 10.00. The van der Waals surface area contributed by atoms with Gasteiger partial charge in [-0.15, -0.1) is 0 Å². The van der Waals surface area contributed by atoms with Crippen LogP contribution >= 0.6 is 0 Å². The first-order valence-corrected chi connectivity index (χ1v) is 16.3. The summed E-state index contributed by atoms with van der Waals surface area (Å²) in [4.78, 5) is 10.3. The van der Waals surface area contributed by atoms with Gasteiger partial charge in [0.25, 0.3) is 0 Å². The van der Waals surface area contributed by atoms with Gasteiger partial charge in [-0.25, -0.2) is 9.97 Å². The van der Waals surface area contributed by atoms with Crippen molar-refractivity contribution < 1.29 is 0 Å². The Morgan fingerprint density at radius 2 is 1.00 bits per heavy atom. The summed E-state index contributed by atoms with van der Waals surface area (Å²) in [5, 5.41) is 5.93. The number of nitrogens with zero attached hydrogens (tertiary/aromatic N) is 4. The molecular formula is C44H28N4. The molecule has 48 heavy (non-hydrogen) atoms. The Morgan fingerprint density at radius 1 is 0.396 bits per heavy atom. The molecule has 4 aromatic heterocycles. The third-order valence-corrected chi connectivity index (χ3v) is 9.56. The van der Waals surface area contributed by atoms with Gasteiger partial charge in [0.1, 0.15) is 11.6 Å². The minimum Gasteiger partial charge on any atom is -0.293 e. The monoisotopic (exact) mass is 612 g/mol. The van der Waals surface area contributed by atoms with Crippen LogP contribution in [0.25, 0.3) is 88.6 Å². The van der Waals surface area contributed by atoms with Gasteiger partial charge in [-0.1, -0.05) is 140 Å². The minimum atomic E-state index is 0.896. The van der Waals surface area contributed by atoms with Crippen molar-refractivity contribution in [3.05, 3.63) is 170 Å². The van der Waals surface area contributed by atoms with Crippen molar-refractivity contribution >= 4 is 49.0 Å². The summed E-state index contributed by atoms with van der Waals surface area (Å²) in [6, 6.07) is 58.0.